The van der Waals surface area contributed by atoms with E-state index >= 15 is 0 Å². The Balaban J connectivity index is 1.84. The molecular formula is C28H27ClN2O4. The van der Waals surface area contributed by atoms with Crippen molar-refractivity contribution in [1.82, 2.24) is 4.98 Å². The molecule has 1 aliphatic heterocycles. The molecule has 4 rings (SSSR count). The van der Waals surface area contributed by atoms with Gasteiger partial charge in [-0.2, -0.15) is 0 Å². The molecule has 3 aromatic rings. The number of aliphatic hydroxyl groups is 1. The number of anilines is 1. The molecule has 35 heavy (non-hydrogen) atoms. The first-order valence-corrected chi connectivity index (χ1v) is 11.8. The lowest BCUT2D eigenvalue weighted by Crippen LogP contribution is -2.29. The van der Waals surface area contributed by atoms with Crippen molar-refractivity contribution in [3.8, 4) is 5.75 Å². The van der Waals surface area contributed by atoms with Gasteiger partial charge in [0.25, 0.3) is 11.7 Å². The molecule has 0 aliphatic carbocycles. The largest absolute Gasteiger partial charge is 0.507 e. The van der Waals surface area contributed by atoms with Crippen LogP contribution >= 0.6 is 11.6 Å². The number of carbonyl (C=O) groups is 2. The van der Waals surface area contributed by atoms with Crippen molar-refractivity contribution in [2.24, 2.45) is 5.92 Å². The fraction of sp³-hybridized carbons (Fsp3) is 0.250. The molecule has 1 saturated heterocycles. The van der Waals surface area contributed by atoms with E-state index in [2.05, 4.69) is 18.8 Å². The number of nitrogens with zero attached hydrogens (tertiary/aromatic N) is 2. The number of hydrogen-bond acceptors (Lipinski definition) is 5. The van der Waals surface area contributed by atoms with Crippen LogP contribution in [-0.2, 0) is 9.59 Å². The molecule has 2 aromatic carbocycles. The zero-order valence-corrected chi connectivity index (χ0v) is 20.8. The van der Waals surface area contributed by atoms with Crippen molar-refractivity contribution in [1.29, 1.82) is 0 Å². The molecule has 1 unspecified atom stereocenters. The second-order valence-electron chi connectivity index (χ2n) is 9.07. The number of pyridine rings is 1. The van der Waals surface area contributed by atoms with E-state index in [9.17, 15) is 14.7 Å². The monoisotopic (exact) mass is 490 g/mol. The van der Waals surface area contributed by atoms with Gasteiger partial charge in [-0.05, 0) is 78.9 Å². The smallest absolute Gasteiger partial charge is 0.300 e. The van der Waals surface area contributed by atoms with Gasteiger partial charge in [-0.25, -0.2) is 0 Å². The summed E-state index contributed by atoms with van der Waals surface area (Å²) in [7, 11) is 0. The number of Topliss-reactive ketones (excluding diaryl/α,β-unsaturated/α-hetero) is 1. The Kier molecular flexibility index (Phi) is 6.94. The van der Waals surface area contributed by atoms with Crippen molar-refractivity contribution in [2.45, 2.75) is 33.7 Å². The maximum absolute atomic E-state index is 13.3. The van der Waals surface area contributed by atoms with Gasteiger partial charge in [-0.3, -0.25) is 19.5 Å². The predicted molar refractivity (Wildman–Crippen MR) is 137 cm³/mol. The van der Waals surface area contributed by atoms with Crippen LogP contribution in [0.1, 0.15) is 42.1 Å². The minimum Gasteiger partial charge on any atom is -0.507 e. The molecule has 0 spiro atoms. The van der Waals surface area contributed by atoms with E-state index in [1.54, 1.807) is 60.9 Å². The van der Waals surface area contributed by atoms with Gasteiger partial charge in [0.2, 0.25) is 0 Å². The van der Waals surface area contributed by atoms with Gasteiger partial charge in [-0.1, -0.05) is 31.5 Å². The summed E-state index contributed by atoms with van der Waals surface area (Å²) >= 11 is 6.34. The zero-order chi connectivity index (χ0) is 25.3. The number of aliphatic hydroxyl groups excluding tert-OH is 1. The normalized spacial score (nSPS) is 17.3. The lowest BCUT2D eigenvalue weighted by molar-refractivity contribution is -0.132. The van der Waals surface area contributed by atoms with E-state index in [1.165, 1.54) is 4.90 Å². The summed E-state index contributed by atoms with van der Waals surface area (Å²) in [5.41, 5.74) is 3.21. The van der Waals surface area contributed by atoms with Crippen LogP contribution in [0.4, 0.5) is 5.69 Å². The summed E-state index contributed by atoms with van der Waals surface area (Å²) in [5.74, 6) is -0.671. The Morgan fingerprint density at radius 2 is 1.77 bits per heavy atom. The Morgan fingerprint density at radius 1 is 1.06 bits per heavy atom. The minimum atomic E-state index is -0.839. The molecule has 7 heteroatoms. The van der Waals surface area contributed by atoms with Crippen molar-refractivity contribution < 1.29 is 19.4 Å². The Hall–Kier alpha value is -3.64. The molecule has 0 bridgehead atoms. The molecular weight excluding hydrogens is 464 g/mol. The molecule has 1 amide bonds. The van der Waals surface area contributed by atoms with Crippen molar-refractivity contribution in [2.75, 3.05) is 11.5 Å². The van der Waals surface area contributed by atoms with Gasteiger partial charge in [-0.15, -0.1) is 0 Å². The summed E-state index contributed by atoms with van der Waals surface area (Å²) in [5, 5.41) is 11.8. The molecule has 1 atom stereocenters. The molecule has 180 valence electrons. The number of rotatable bonds is 6. The lowest BCUT2D eigenvalue weighted by atomic mass is 9.95. The van der Waals surface area contributed by atoms with E-state index in [4.69, 9.17) is 16.3 Å². The van der Waals surface area contributed by atoms with E-state index in [0.29, 0.717) is 40.1 Å². The van der Waals surface area contributed by atoms with E-state index in [1.807, 2.05) is 13.8 Å². The van der Waals surface area contributed by atoms with Gasteiger partial charge >= 0.3 is 0 Å². The van der Waals surface area contributed by atoms with Crippen LogP contribution in [0.3, 0.4) is 0 Å². The topological polar surface area (TPSA) is 79.7 Å². The Morgan fingerprint density at radius 3 is 2.40 bits per heavy atom. The summed E-state index contributed by atoms with van der Waals surface area (Å²) < 4.78 is 5.84. The van der Waals surface area contributed by atoms with Crippen LogP contribution in [-0.4, -0.2) is 28.4 Å². The van der Waals surface area contributed by atoms with Gasteiger partial charge in [0.15, 0.2) is 0 Å². The molecule has 1 aromatic heterocycles. The molecule has 0 radical (unpaired) electrons. The predicted octanol–water partition coefficient (Wildman–Crippen LogP) is 6.01. The Bertz CT molecular complexity index is 1320. The van der Waals surface area contributed by atoms with Gasteiger partial charge in [0, 0.05) is 28.7 Å². The molecule has 0 saturated carbocycles. The summed E-state index contributed by atoms with van der Waals surface area (Å²) in [6.45, 7) is 8.43. The minimum absolute atomic E-state index is 0.00754. The number of carbonyl (C=O) groups excluding carboxylic acids is 2. The maximum Gasteiger partial charge on any atom is 0.300 e. The number of amides is 1. The summed E-state index contributed by atoms with van der Waals surface area (Å²) in [4.78, 5) is 32.0. The van der Waals surface area contributed by atoms with Crippen LogP contribution in [0.5, 0.6) is 5.75 Å². The third-order valence-corrected chi connectivity index (χ3v) is 6.33. The summed E-state index contributed by atoms with van der Waals surface area (Å²) in [6, 6.07) is 13.0. The zero-order valence-electron chi connectivity index (χ0n) is 20.1. The lowest BCUT2D eigenvalue weighted by Gasteiger charge is -2.25. The second kappa shape index (κ2) is 9.92. The van der Waals surface area contributed by atoms with E-state index in [0.717, 1.165) is 11.1 Å². The molecule has 1 aliphatic rings. The highest BCUT2D eigenvalue weighted by Gasteiger charge is 2.47. The SMILES string of the molecule is Cc1ccc(N2C(=O)C(=O)/C(=C(/O)c3ccc(OCC(C)C)c(C)c3)C2c2ccncc2)cc1Cl. The first-order valence-electron chi connectivity index (χ1n) is 11.4. The number of hydrogen-bond donors (Lipinski definition) is 1. The van der Waals surface area contributed by atoms with Crippen LogP contribution in [0.2, 0.25) is 5.02 Å². The Labute approximate surface area is 209 Å². The fourth-order valence-electron chi connectivity index (χ4n) is 4.06. The van der Waals surface area contributed by atoms with Crippen LogP contribution in [0.15, 0.2) is 66.5 Å². The van der Waals surface area contributed by atoms with Crippen molar-refractivity contribution in [3.63, 3.8) is 0 Å². The van der Waals surface area contributed by atoms with Gasteiger partial charge in [0.05, 0.1) is 18.2 Å². The molecule has 1 fully saturated rings. The number of aryl methyl sites for hydroxylation is 2. The van der Waals surface area contributed by atoms with Gasteiger partial charge < -0.3 is 9.84 Å². The number of halogens is 1. The van der Waals surface area contributed by atoms with E-state index in [-0.39, 0.29) is 11.3 Å². The van der Waals surface area contributed by atoms with Crippen LogP contribution in [0.25, 0.3) is 5.76 Å². The number of ether oxygens (including phenoxy) is 1. The van der Waals surface area contributed by atoms with Crippen LogP contribution < -0.4 is 9.64 Å². The maximum atomic E-state index is 13.3. The average molecular weight is 491 g/mol. The number of aromatic nitrogens is 1. The number of ketones is 1. The highest BCUT2D eigenvalue weighted by molar-refractivity contribution is 6.51. The second-order valence-corrected chi connectivity index (χ2v) is 9.48. The number of benzene rings is 2. The highest BCUT2D eigenvalue weighted by Crippen LogP contribution is 2.43. The van der Waals surface area contributed by atoms with Gasteiger partial charge in [0.1, 0.15) is 11.5 Å². The van der Waals surface area contributed by atoms with E-state index < -0.39 is 17.7 Å². The fourth-order valence-corrected chi connectivity index (χ4v) is 4.24. The quantitative estimate of drug-likeness (QED) is 0.260. The first-order chi connectivity index (χ1) is 16.7. The van der Waals surface area contributed by atoms with Crippen LogP contribution in [0, 0.1) is 19.8 Å². The highest BCUT2D eigenvalue weighted by atomic mass is 35.5. The first kappa shape index (κ1) is 24.5. The standard InChI is InChI=1S/C28H27ClN2O4/c1-16(2)15-35-23-8-6-20(13-18(23)4)26(32)24-25(19-9-11-30-12-10-19)31(28(34)27(24)33)21-7-5-17(3)22(29)14-21/h5-14,16,25,32H,15H2,1-4H3/b26-24+. The summed E-state index contributed by atoms with van der Waals surface area (Å²) in [6.07, 6.45) is 3.17. The average Bonchev–Trinajstić information content (AvgIpc) is 3.10. The molecule has 2 heterocycles. The van der Waals surface area contributed by atoms with Crippen molar-refractivity contribution in [3.05, 3.63) is 93.8 Å². The van der Waals surface area contributed by atoms with Crippen molar-refractivity contribution >= 4 is 34.7 Å². The molecule has 6 nitrogen and oxygen atoms in total. The molecule has 1 N–H and O–H groups in total. The third-order valence-electron chi connectivity index (χ3n) is 5.92. The third kappa shape index (κ3) is 4.80.